The van der Waals surface area contributed by atoms with Crippen LogP contribution in [-0.2, 0) is 7.05 Å². The van der Waals surface area contributed by atoms with E-state index in [0.29, 0.717) is 17.8 Å². The van der Waals surface area contributed by atoms with Gasteiger partial charge in [0.15, 0.2) is 0 Å². The summed E-state index contributed by atoms with van der Waals surface area (Å²) in [4.78, 5) is 13.1. The highest BCUT2D eigenvalue weighted by Gasteiger charge is 2.47. The van der Waals surface area contributed by atoms with Gasteiger partial charge in [0, 0.05) is 18.4 Å². The lowest BCUT2D eigenvalue weighted by Gasteiger charge is -2.48. The van der Waals surface area contributed by atoms with Crippen molar-refractivity contribution < 1.29 is 4.74 Å². The number of pyridine rings is 1. The van der Waals surface area contributed by atoms with Gasteiger partial charge in [0.25, 0.3) is 5.56 Å². The summed E-state index contributed by atoms with van der Waals surface area (Å²) in [5, 5.41) is 1.06. The van der Waals surface area contributed by atoms with Gasteiger partial charge in [-0.2, -0.15) is 0 Å². The summed E-state index contributed by atoms with van der Waals surface area (Å²) in [5.41, 5.74) is 1.78. The van der Waals surface area contributed by atoms with Gasteiger partial charge in [-0.15, -0.1) is 0 Å². The summed E-state index contributed by atoms with van der Waals surface area (Å²) < 4.78 is 8.26. The number of ether oxygens (including phenoxy) is 1. The molecule has 0 bridgehead atoms. The first kappa shape index (κ1) is 14.8. The van der Waals surface area contributed by atoms with Crippen LogP contribution in [0.1, 0.15) is 51.5 Å². The van der Waals surface area contributed by atoms with Crippen LogP contribution in [-0.4, -0.2) is 10.2 Å². The first-order valence-corrected chi connectivity index (χ1v) is 8.71. The van der Waals surface area contributed by atoms with Gasteiger partial charge in [0.05, 0.1) is 11.1 Å². The van der Waals surface area contributed by atoms with Crippen LogP contribution in [0, 0.1) is 11.8 Å². The Morgan fingerprint density at radius 2 is 1.96 bits per heavy atom. The Bertz CT molecular complexity index is 833. The first-order chi connectivity index (χ1) is 10.9. The van der Waals surface area contributed by atoms with Crippen LogP contribution < -0.4 is 10.3 Å². The molecule has 2 aromatic rings. The number of fused-ring (bicyclic) bond motifs is 5. The molecule has 2 aliphatic rings. The average Bonchev–Trinajstić information content (AvgIpc) is 2.51. The molecule has 0 spiro atoms. The molecule has 1 aromatic heterocycles. The van der Waals surface area contributed by atoms with Gasteiger partial charge in [-0.1, -0.05) is 25.5 Å². The molecule has 122 valence electrons. The Kier molecular flexibility index (Phi) is 3.13. The third-order valence-electron chi connectivity index (χ3n) is 6.03. The number of aryl methyl sites for hydroxylation is 1. The van der Waals surface area contributed by atoms with Gasteiger partial charge in [0.1, 0.15) is 11.4 Å². The molecule has 23 heavy (non-hydrogen) atoms. The molecule has 1 aliphatic carbocycles. The molecular formula is C20H25NO2. The number of hydrogen-bond donors (Lipinski definition) is 0. The Labute approximate surface area is 137 Å². The zero-order valence-electron chi connectivity index (χ0n) is 14.4. The first-order valence-electron chi connectivity index (χ1n) is 8.71. The lowest BCUT2D eigenvalue weighted by Crippen LogP contribution is -2.49. The van der Waals surface area contributed by atoms with Crippen molar-refractivity contribution in [1.29, 1.82) is 0 Å². The largest absolute Gasteiger partial charge is 0.486 e. The fraction of sp³-hybridized carbons (Fsp3) is 0.550. The minimum absolute atomic E-state index is 0.123. The zero-order chi connectivity index (χ0) is 16.4. The number of nitrogens with zero attached hydrogens (tertiary/aromatic N) is 1. The van der Waals surface area contributed by atoms with Gasteiger partial charge in [-0.3, -0.25) is 4.79 Å². The Morgan fingerprint density at radius 1 is 1.22 bits per heavy atom. The normalized spacial score (nSPS) is 28.8. The molecule has 1 aromatic carbocycles. The van der Waals surface area contributed by atoms with Crippen molar-refractivity contribution in [3.8, 4) is 5.75 Å². The third kappa shape index (κ3) is 2.05. The molecule has 2 heterocycles. The number of rotatable bonds is 0. The predicted octanol–water partition coefficient (Wildman–Crippen LogP) is 4.23. The van der Waals surface area contributed by atoms with Crippen LogP contribution in [0.4, 0.5) is 0 Å². The molecule has 1 unspecified atom stereocenters. The highest BCUT2D eigenvalue weighted by Crippen LogP contribution is 2.53. The minimum Gasteiger partial charge on any atom is -0.486 e. The highest BCUT2D eigenvalue weighted by molar-refractivity contribution is 5.87. The van der Waals surface area contributed by atoms with Crippen LogP contribution in [0.15, 0.2) is 29.1 Å². The van der Waals surface area contributed by atoms with Crippen molar-refractivity contribution in [2.45, 2.75) is 51.6 Å². The van der Waals surface area contributed by atoms with Crippen LogP contribution in [0.3, 0.4) is 0 Å². The van der Waals surface area contributed by atoms with Crippen LogP contribution in [0.5, 0.6) is 5.75 Å². The molecule has 3 atom stereocenters. The van der Waals surface area contributed by atoms with E-state index in [0.717, 1.165) is 35.1 Å². The molecule has 3 nitrogen and oxygen atoms in total. The molecule has 1 aliphatic heterocycles. The third-order valence-corrected chi connectivity index (χ3v) is 6.03. The summed E-state index contributed by atoms with van der Waals surface area (Å²) in [6, 6.07) is 8.09. The predicted molar refractivity (Wildman–Crippen MR) is 93.1 cm³/mol. The molecule has 4 rings (SSSR count). The summed E-state index contributed by atoms with van der Waals surface area (Å²) in [7, 11) is 1.88. The maximum atomic E-state index is 13.1. The number of aromatic nitrogens is 1. The van der Waals surface area contributed by atoms with E-state index in [9.17, 15) is 4.79 Å². The van der Waals surface area contributed by atoms with Crippen LogP contribution >= 0.6 is 0 Å². The molecule has 3 heteroatoms. The van der Waals surface area contributed by atoms with Gasteiger partial charge in [-0.05, 0) is 50.7 Å². The molecule has 0 saturated heterocycles. The van der Waals surface area contributed by atoms with Crippen LogP contribution in [0.25, 0.3) is 10.9 Å². The summed E-state index contributed by atoms with van der Waals surface area (Å²) in [5.74, 6) is 2.26. The molecular weight excluding hydrogens is 286 g/mol. The SMILES string of the molecule is CC1CC[C@@H]2[C@@H](C1)c1c(c3ccccc3n(C)c1=O)OC2(C)C. The second-order valence-electron chi connectivity index (χ2n) is 7.96. The molecule has 1 fully saturated rings. The van der Waals surface area contributed by atoms with E-state index >= 15 is 0 Å². The lowest BCUT2D eigenvalue weighted by atomic mass is 9.64. The van der Waals surface area contributed by atoms with E-state index in [1.165, 1.54) is 6.42 Å². The van der Waals surface area contributed by atoms with Crippen molar-refractivity contribution in [1.82, 2.24) is 4.57 Å². The zero-order valence-corrected chi connectivity index (χ0v) is 14.4. The Balaban J connectivity index is 2.05. The maximum absolute atomic E-state index is 13.1. The summed E-state index contributed by atoms with van der Waals surface area (Å²) in [6.45, 7) is 6.69. The van der Waals surface area contributed by atoms with E-state index in [-0.39, 0.29) is 11.2 Å². The van der Waals surface area contributed by atoms with Crippen molar-refractivity contribution in [2.75, 3.05) is 0 Å². The maximum Gasteiger partial charge on any atom is 0.258 e. The topological polar surface area (TPSA) is 31.2 Å². The van der Waals surface area contributed by atoms with Gasteiger partial charge >= 0.3 is 0 Å². The minimum atomic E-state index is -0.215. The van der Waals surface area contributed by atoms with Crippen LogP contribution in [0.2, 0.25) is 0 Å². The summed E-state index contributed by atoms with van der Waals surface area (Å²) >= 11 is 0. The highest BCUT2D eigenvalue weighted by atomic mass is 16.5. The molecule has 0 N–H and O–H groups in total. The molecule has 1 saturated carbocycles. The molecule has 0 radical (unpaired) electrons. The van der Waals surface area contributed by atoms with Crippen molar-refractivity contribution in [2.24, 2.45) is 18.9 Å². The van der Waals surface area contributed by atoms with Crippen molar-refractivity contribution in [3.05, 3.63) is 40.2 Å². The number of hydrogen-bond acceptors (Lipinski definition) is 2. The van der Waals surface area contributed by atoms with E-state index in [1.807, 2.05) is 25.2 Å². The fourth-order valence-electron chi connectivity index (χ4n) is 4.80. The monoisotopic (exact) mass is 311 g/mol. The number of para-hydroxylation sites is 1. The standard InChI is InChI=1S/C20H25NO2/c1-12-9-10-15-14(11-12)17-18(23-20(15,2)3)13-7-5-6-8-16(13)21(4)19(17)22/h5-8,12,14-15H,9-11H2,1-4H3/t12?,14-,15-/m1/s1. The van der Waals surface area contributed by atoms with E-state index in [1.54, 1.807) is 4.57 Å². The Morgan fingerprint density at radius 3 is 2.74 bits per heavy atom. The fourth-order valence-corrected chi connectivity index (χ4v) is 4.80. The van der Waals surface area contributed by atoms with E-state index in [4.69, 9.17) is 4.74 Å². The van der Waals surface area contributed by atoms with Gasteiger partial charge < -0.3 is 9.30 Å². The number of benzene rings is 1. The van der Waals surface area contributed by atoms with Gasteiger partial charge in [0.2, 0.25) is 0 Å². The summed E-state index contributed by atoms with van der Waals surface area (Å²) in [6.07, 6.45) is 3.48. The second kappa shape index (κ2) is 4.86. The van der Waals surface area contributed by atoms with E-state index < -0.39 is 0 Å². The average molecular weight is 311 g/mol. The Hall–Kier alpha value is -1.77. The quantitative estimate of drug-likeness (QED) is 0.729. The lowest BCUT2D eigenvalue weighted by molar-refractivity contribution is -0.0130. The van der Waals surface area contributed by atoms with Gasteiger partial charge in [-0.25, -0.2) is 0 Å². The smallest absolute Gasteiger partial charge is 0.258 e. The second-order valence-corrected chi connectivity index (χ2v) is 7.96. The van der Waals surface area contributed by atoms with Crippen molar-refractivity contribution >= 4 is 10.9 Å². The van der Waals surface area contributed by atoms with E-state index in [2.05, 4.69) is 26.8 Å². The van der Waals surface area contributed by atoms with Crippen molar-refractivity contribution in [3.63, 3.8) is 0 Å². The molecule has 0 amide bonds.